The first-order chi connectivity index (χ1) is 7.18. The molecule has 1 atom stereocenters. The molecule has 0 fully saturated rings. The largest absolute Gasteiger partial charge is 0.466 e. The molecule has 0 amide bonds. The van der Waals surface area contributed by atoms with Gasteiger partial charge in [0.2, 0.25) is 0 Å². The van der Waals surface area contributed by atoms with Gasteiger partial charge in [-0.15, -0.1) is 0 Å². The summed E-state index contributed by atoms with van der Waals surface area (Å²) in [6, 6.07) is 5.36. The Hall–Kier alpha value is -1.61. The number of aliphatic hydroxyl groups is 1. The fourth-order valence-electron chi connectivity index (χ4n) is 1.39. The molecule has 0 aromatic carbocycles. The van der Waals surface area contributed by atoms with E-state index in [4.69, 9.17) is 4.42 Å². The van der Waals surface area contributed by atoms with Crippen LogP contribution in [0.1, 0.15) is 28.7 Å². The van der Waals surface area contributed by atoms with Crippen LogP contribution in [-0.4, -0.2) is 10.1 Å². The fourth-order valence-corrected chi connectivity index (χ4v) is 1.39. The minimum Gasteiger partial charge on any atom is -0.466 e. The van der Waals surface area contributed by atoms with Crippen molar-refractivity contribution < 1.29 is 9.52 Å². The fraction of sp³-hybridized carbons (Fsp3) is 0.250. The topological polar surface area (TPSA) is 46.3 Å². The molecule has 0 radical (unpaired) electrons. The van der Waals surface area contributed by atoms with Crippen molar-refractivity contribution in [3.05, 3.63) is 53.2 Å². The van der Waals surface area contributed by atoms with Crippen molar-refractivity contribution >= 4 is 0 Å². The smallest absolute Gasteiger partial charge is 0.153 e. The van der Waals surface area contributed by atoms with Gasteiger partial charge in [-0.1, -0.05) is 0 Å². The summed E-state index contributed by atoms with van der Waals surface area (Å²) in [7, 11) is 0. The van der Waals surface area contributed by atoms with Crippen molar-refractivity contribution in [3.63, 3.8) is 0 Å². The van der Waals surface area contributed by atoms with Gasteiger partial charge in [0.25, 0.3) is 0 Å². The molecule has 3 heteroatoms. The summed E-state index contributed by atoms with van der Waals surface area (Å²) < 4.78 is 5.13. The molecule has 0 spiro atoms. The summed E-state index contributed by atoms with van der Waals surface area (Å²) in [5.41, 5.74) is 2.85. The Balaban J connectivity index is 2.34. The first kappa shape index (κ1) is 9.93. The van der Waals surface area contributed by atoms with Gasteiger partial charge in [-0.25, -0.2) is 0 Å². The highest BCUT2D eigenvalue weighted by Crippen LogP contribution is 2.21. The Bertz CT molecular complexity index is 449. The summed E-state index contributed by atoms with van der Waals surface area (Å²) in [6.07, 6.45) is 2.52. The summed E-state index contributed by atoms with van der Waals surface area (Å²) in [6.45, 7) is 3.99. The molecule has 78 valence electrons. The molecular weight excluding hydrogens is 190 g/mol. The lowest BCUT2D eigenvalue weighted by molar-refractivity contribution is 0.185. The third kappa shape index (κ3) is 1.92. The molecule has 2 aromatic rings. The normalized spacial score (nSPS) is 12.7. The highest BCUT2D eigenvalue weighted by molar-refractivity contribution is 5.27. The van der Waals surface area contributed by atoms with E-state index in [2.05, 4.69) is 4.98 Å². The van der Waals surface area contributed by atoms with E-state index in [0.717, 1.165) is 11.1 Å². The van der Waals surface area contributed by atoms with Crippen LogP contribution in [0, 0.1) is 13.8 Å². The summed E-state index contributed by atoms with van der Waals surface area (Å²) in [5, 5.41) is 9.94. The van der Waals surface area contributed by atoms with Gasteiger partial charge in [-0.2, -0.15) is 0 Å². The maximum Gasteiger partial charge on any atom is 0.153 e. The summed E-state index contributed by atoms with van der Waals surface area (Å²) in [4.78, 5) is 4.19. The third-order valence-corrected chi connectivity index (χ3v) is 2.49. The number of aryl methyl sites for hydroxylation is 2. The van der Waals surface area contributed by atoms with E-state index < -0.39 is 6.10 Å². The van der Waals surface area contributed by atoms with Gasteiger partial charge in [0.1, 0.15) is 5.76 Å². The predicted molar refractivity (Wildman–Crippen MR) is 56.5 cm³/mol. The van der Waals surface area contributed by atoms with E-state index in [1.807, 2.05) is 19.9 Å². The number of hydrogen-bond donors (Lipinski definition) is 1. The molecule has 1 N–H and O–H groups in total. The van der Waals surface area contributed by atoms with Crippen molar-refractivity contribution in [1.82, 2.24) is 4.98 Å². The number of hydrogen-bond acceptors (Lipinski definition) is 3. The lowest BCUT2D eigenvalue weighted by Crippen LogP contribution is -2.02. The first-order valence-corrected chi connectivity index (χ1v) is 4.83. The Morgan fingerprint density at radius 2 is 2.13 bits per heavy atom. The van der Waals surface area contributed by atoms with Crippen molar-refractivity contribution in [3.8, 4) is 0 Å². The molecule has 2 heterocycles. The van der Waals surface area contributed by atoms with Crippen molar-refractivity contribution in [2.45, 2.75) is 20.0 Å². The molecule has 0 aliphatic rings. The van der Waals surface area contributed by atoms with Crippen molar-refractivity contribution in [2.24, 2.45) is 0 Å². The van der Waals surface area contributed by atoms with Gasteiger partial charge in [0.05, 0.1) is 12.0 Å². The molecule has 0 aliphatic carbocycles. The number of pyridine rings is 1. The predicted octanol–water partition coefficient (Wildman–Crippen LogP) is 2.37. The number of aliphatic hydroxyl groups excluding tert-OH is 1. The van der Waals surface area contributed by atoms with E-state index >= 15 is 0 Å². The zero-order valence-corrected chi connectivity index (χ0v) is 8.77. The zero-order chi connectivity index (χ0) is 10.8. The molecule has 2 aromatic heterocycles. The number of furan rings is 1. The zero-order valence-electron chi connectivity index (χ0n) is 8.77. The van der Waals surface area contributed by atoms with E-state index in [1.165, 1.54) is 0 Å². The molecule has 2 rings (SSSR count). The third-order valence-electron chi connectivity index (χ3n) is 2.49. The standard InChI is InChI=1S/C12H13NO2/c1-8-6-10(13-7-9(8)2)12(14)11-4-3-5-15-11/h3-7,12,14H,1-2H3. The summed E-state index contributed by atoms with van der Waals surface area (Å²) >= 11 is 0. The van der Waals surface area contributed by atoms with Crippen LogP contribution >= 0.6 is 0 Å². The van der Waals surface area contributed by atoms with Gasteiger partial charge in [-0.05, 0) is 43.2 Å². The summed E-state index contributed by atoms with van der Waals surface area (Å²) in [5.74, 6) is 0.519. The monoisotopic (exact) mass is 203 g/mol. The van der Waals surface area contributed by atoms with Gasteiger partial charge in [-0.3, -0.25) is 4.98 Å². The molecule has 3 nitrogen and oxygen atoms in total. The minimum absolute atomic E-state index is 0.519. The Kier molecular flexibility index (Phi) is 2.56. The molecule has 0 saturated carbocycles. The second-order valence-electron chi connectivity index (χ2n) is 3.61. The lowest BCUT2D eigenvalue weighted by Gasteiger charge is -2.08. The van der Waals surface area contributed by atoms with Crippen molar-refractivity contribution in [1.29, 1.82) is 0 Å². The second-order valence-corrected chi connectivity index (χ2v) is 3.61. The van der Waals surface area contributed by atoms with Gasteiger partial charge in [0, 0.05) is 6.20 Å². The Labute approximate surface area is 88.4 Å². The van der Waals surface area contributed by atoms with Crippen LogP contribution in [0.3, 0.4) is 0 Å². The number of rotatable bonds is 2. The van der Waals surface area contributed by atoms with Crippen LogP contribution in [0.15, 0.2) is 35.1 Å². The average molecular weight is 203 g/mol. The average Bonchev–Trinajstić information content (AvgIpc) is 2.74. The molecule has 0 bridgehead atoms. The lowest BCUT2D eigenvalue weighted by atomic mass is 10.1. The maximum absolute atomic E-state index is 9.94. The number of nitrogens with zero attached hydrogens (tertiary/aromatic N) is 1. The molecule has 15 heavy (non-hydrogen) atoms. The van der Waals surface area contributed by atoms with E-state index in [9.17, 15) is 5.11 Å². The Morgan fingerprint density at radius 1 is 1.33 bits per heavy atom. The van der Waals surface area contributed by atoms with Gasteiger partial charge >= 0.3 is 0 Å². The van der Waals surface area contributed by atoms with Crippen LogP contribution in [0.2, 0.25) is 0 Å². The SMILES string of the molecule is Cc1cnc(C(O)c2ccco2)cc1C. The molecule has 0 aliphatic heterocycles. The van der Waals surface area contributed by atoms with Crippen LogP contribution in [0.5, 0.6) is 0 Å². The minimum atomic E-state index is -0.778. The van der Waals surface area contributed by atoms with Crippen LogP contribution in [-0.2, 0) is 0 Å². The first-order valence-electron chi connectivity index (χ1n) is 4.83. The van der Waals surface area contributed by atoms with Crippen LogP contribution in [0.25, 0.3) is 0 Å². The highest BCUT2D eigenvalue weighted by Gasteiger charge is 2.14. The maximum atomic E-state index is 9.94. The Morgan fingerprint density at radius 3 is 2.73 bits per heavy atom. The van der Waals surface area contributed by atoms with E-state index in [1.54, 1.807) is 24.6 Å². The molecular formula is C12H13NO2. The van der Waals surface area contributed by atoms with Gasteiger partial charge in [0.15, 0.2) is 6.10 Å². The molecule has 1 unspecified atom stereocenters. The number of aromatic nitrogens is 1. The molecule has 0 saturated heterocycles. The van der Waals surface area contributed by atoms with E-state index in [-0.39, 0.29) is 0 Å². The van der Waals surface area contributed by atoms with Crippen molar-refractivity contribution in [2.75, 3.05) is 0 Å². The van der Waals surface area contributed by atoms with Crippen LogP contribution < -0.4 is 0 Å². The van der Waals surface area contributed by atoms with Gasteiger partial charge < -0.3 is 9.52 Å². The quantitative estimate of drug-likeness (QED) is 0.815. The highest BCUT2D eigenvalue weighted by atomic mass is 16.4. The van der Waals surface area contributed by atoms with E-state index in [0.29, 0.717) is 11.5 Å². The van der Waals surface area contributed by atoms with Crippen LogP contribution in [0.4, 0.5) is 0 Å². The second kappa shape index (κ2) is 3.87.